The van der Waals surface area contributed by atoms with E-state index in [2.05, 4.69) is 6.58 Å². The van der Waals surface area contributed by atoms with Gasteiger partial charge >= 0.3 is 0 Å². The summed E-state index contributed by atoms with van der Waals surface area (Å²) < 4.78 is 0. The molecule has 0 spiro atoms. The average molecular weight is 199 g/mol. The van der Waals surface area contributed by atoms with Gasteiger partial charge in [0.2, 0.25) is 0 Å². The largest absolute Gasteiger partial charge is 0.399 e. The standard InChI is InChI=1S/C8H13NO.2C2H6/c1-3-8(6-10)5-4-7(2)9;2*1-2/h3-5,10H,2,6,9H2,1H3;2*1-2H3/b5-4-,8-3+;;. The Bertz CT molecular complexity index is 169. The van der Waals surface area contributed by atoms with E-state index in [9.17, 15) is 0 Å². The molecule has 2 nitrogen and oxygen atoms in total. The molecular formula is C12H25NO. The van der Waals surface area contributed by atoms with Crippen LogP contribution in [0.4, 0.5) is 0 Å². The highest BCUT2D eigenvalue weighted by Gasteiger charge is 1.84. The number of rotatable bonds is 3. The maximum Gasteiger partial charge on any atom is 0.0678 e. The molecule has 84 valence electrons. The normalized spacial score (nSPS) is 9.71. The highest BCUT2D eigenvalue weighted by atomic mass is 16.3. The van der Waals surface area contributed by atoms with E-state index in [1.54, 1.807) is 12.2 Å². The Hall–Kier alpha value is -1.02. The molecule has 0 aromatic rings. The zero-order chi connectivity index (χ0) is 12.0. The van der Waals surface area contributed by atoms with Crippen LogP contribution in [0.2, 0.25) is 0 Å². The monoisotopic (exact) mass is 199 g/mol. The predicted octanol–water partition coefficient (Wildman–Crippen LogP) is 3.01. The first-order chi connectivity index (χ1) is 6.70. The molecule has 0 bridgehead atoms. The van der Waals surface area contributed by atoms with E-state index in [1.165, 1.54) is 0 Å². The summed E-state index contributed by atoms with van der Waals surface area (Å²) in [5.41, 5.74) is 6.59. The Kier molecular flexibility index (Phi) is 23.9. The SMILES string of the molecule is C=C(N)/C=C\C(=C/C)CO.CC.CC. The van der Waals surface area contributed by atoms with Crippen molar-refractivity contribution in [1.82, 2.24) is 0 Å². The molecule has 0 aromatic heterocycles. The molecule has 0 unspecified atom stereocenters. The molecule has 0 aromatic carbocycles. The van der Waals surface area contributed by atoms with Crippen molar-refractivity contribution in [2.24, 2.45) is 5.73 Å². The van der Waals surface area contributed by atoms with Crippen LogP contribution in [0.15, 0.2) is 36.1 Å². The third kappa shape index (κ3) is 17.2. The van der Waals surface area contributed by atoms with Crippen LogP contribution in [-0.2, 0) is 0 Å². The number of aliphatic hydroxyl groups excluding tert-OH is 1. The van der Waals surface area contributed by atoms with Gasteiger partial charge in [-0.05, 0) is 18.6 Å². The topological polar surface area (TPSA) is 46.2 Å². The van der Waals surface area contributed by atoms with E-state index in [0.717, 1.165) is 5.57 Å². The first kappa shape index (κ1) is 18.7. The number of allylic oxidation sites excluding steroid dienone is 2. The zero-order valence-corrected chi connectivity index (χ0v) is 10.2. The van der Waals surface area contributed by atoms with Crippen LogP contribution in [-0.4, -0.2) is 11.7 Å². The van der Waals surface area contributed by atoms with Crippen LogP contribution >= 0.6 is 0 Å². The maximum absolute atomic E-state index is 8.65. The van der Waals surface area contributed by atoms with Crippen molar-refractivity contribution in [2.75, 3.05) is 6.61 Å². The smallest absolute Gasteiger partial charge is 0.0678 e. The number of hydrogen-bond donors (Lipinski definition) is 2. The second-order valence-electron chi connectivity index (χ2n) is 1.93. The van der Waals surface area contributed by atoms with Crippen molar-refractivity contribution in [2.45, 2.75) is 34.6 Å². The van der Waals surface area contributed by atoms with Crippen molar-refractivity contribution >= 4 is 0 Å². The molecule has 14 heavy (non-hydrogen) atoms. The summed E-state index contributed by atoms with van der Waals surface area (Å²) in [5.74, 6) is 0. The van der Waals surface area contributed by atoms with Gasteiger partial charge in [0.1, 0.15) is 0 Å². The molecule has 0 fully saturated rings. The van der Waals surface area contributed by atoms with Gasteiger partial charge in [0, 0.05) is 5.70 Å². The van der Waals surface area contributed by atoms with Gasteiger partial charge in [0.25, 0.3) is 0 Å². The van der Waals surface area contributed by atoms with Crippen molar-refractivity contribution in [3.63, 3.8) is 0 Å². The molecule has 3 N–H and O–H groups in total. The number of aliphatic hydroxyl groups is 1. The summed E-state index contributed by atoms with van der Waals surface area (Å²) in [5, 5.41) is 8.65. The molecule has 0 radical (unpaired) electrons. The van der Waals surface area contributed by atoms with Gasteiger partial charge in [0.15, 0.2) is 0 Å². The van der Waals surface area contributed by atoms with Gasteiger partial charge in [0.05, 0.1) is 6.61 Å². The number of nitrogens with two attached hydrogens (primary N) is 1. The van der Waals surface area contributed by atoms with E-state index >= 15 is 0 Å². The minimum Gasteiger partial charge on any atom is -0.399 e. The minimum absolute atomic E-state index is 0.0419. The van der Waals surface area contributed by atoms with Crippen LogP contribution in [0.3, 0.4) is 0 Å². The van der Waals surface area contributed by atoms with Crippen molar-refractivity contribution in [3.05, 3.63) is 36.1 Å². The predicted molar refractivity (Wildman–Crippen MR) is 66.0 cm³/mol. The molecule has 0 saturated heterocycles. The highest BCUT2D eigenvalue weighted by Crippen LogP contribution is 1.95. The first-order valence-electron chi connectivity index (χ1n) is 5.09. The number of hydrogen-bond acceptors (Lipinski definition) is 2. The Labute approximate surface area is 88.8 Å². The minimum atomic E-state index is 0.0419. The quantitative estimate of drug-likeness (QED) is 0.686. The van der Waals surface area contributed by atoms with Gasteiger partial charge in [-0.25, -0.2) is 0 Å². The van der Waals surface area contributed by atoms with E-state index < -0.39 is 0 Å². The molecular weight excluding hydrogens is 174 g/mol. The summed E-state index contributed by atoms with van der Waals surface area (Å²) >= 11 is 0. The third-order valence-electron chi connectivity index (χ3n) is 1.06. The second-order valence-corrected chi connectivity index (χ2v) is 1.93. The van der Waals surface area contributed by atoms with Gasteiger partial charge in [-0.3, -0.25) is 0 Å². The van der Waals surface area contributed by atoms with E-state index in [-0.39, 0.29) is 6.61 Å². The average Bonchev–Trinajstić information content (AvgIpc) is 2.25. The second kappa shape index (κ2) is 17.9. The van der Waals surface area contributed by atoms with Crippen molar-refractivity contribution in [1.29, 1.82) is 0 Å². The van der Waals surface area contributed by atoms with E-state index in [4.69, 9.17) is 10.8 Å². The summed E-state index contributed by atoms with van der Waals surface area (Å²) in [4.78, 5) is 0. The third-order valence-corrected chi connectivity index (χ3v) is 1.06. The Morgan fingerprint density at radius 1 is 1.21 bits per heavy atom. The fourth-order valence-corrected chi connectivity index (χ4v) is 0.454. The lowest BCUT2D eigenvalue weighted by Crippen LogP contribution is -1.90. The van der Waals surface area contributed by atoms with Crippen LogP contribution < -0.4 is 5.73 Å². The molecule has 0 amide bonds. The Morgan fingerprint density at radius 3 is 1.86 bits per heavy atom. The molecule has 0 saturated carbocycles. The van der Waals surface area contributed by atoms with E-state index in [1.807, 2.05) is 40.7 Å². The lowest BCUT2D eigenvalue weighted by molar-refractivity contribution is 0.335. The van der Waals surface area contributed by atoms with Gasteiger partial charge in [-0.15, -0.1) is 0 Å². The van der Waals surface area contributed by atoms with Gasteiger partial charge < -0.3 is 10.8 Å². The fraction of sp³-hybridized carbons (Fsp3) is 0.500. The first-order valence-corrected chi connectivity index (χ1v) is 5.09. The molecule has 0 aliphatic carbocycles. The van der Waals surface area contributed by atoms with Crippen molar-refractivity contribution < 1.29 is 5.11 Å². The molecule has 0 heterocycles. The summed E-state index contributed by atoms with van der Waals surface area (Å²) in [6.07, 6.45) is 5.22. The molecule has 0 aliphatic rings. The zero-order valence-electron chi connectivity index (χ0n) is 10.2. The lowest BCUT2D eigenvalue weighted by atomic mass is 10.2. The van der Waals surface area contributed by atoms with Crippen molar-refractivity contribution in [3.8, 4) is 0 Å². The molecule has 2 heteroatoms. The van der Waals surface area contributed by atoms with Gasteiger partial charge in [-0.2, -0.15) is 0 Å². The van der Waals surface area contributed by atoms with Crippen LogP contribution in [0.1, 0.15) is 34.6 Å². The maximum atomic E-state index is 8.65. The van der Waals surface area contributed by atoms with Crippen LogP contribution in [0.25, 0.3) is 0 Å². The fourth-order valence-electron chi connectivity index (χ4n) is 0.454. The lowest BCUT2D eigenvalue weighted by Gasteiger charge is -1.92. The molecule has 0 atom stereocenters. The Morgan fingerprint density at radius 2 is 1.64 bits per heavy atom. The Balaban J connectivity index is -0.000000266. The summed E-state index contributed by atoms with van der Waals surface area (Å²) in [6, 6.07) is 0. The highest BCUT2D eigenvalue weighted by molar-refractivity contribution is 5.24. The summed E-state index contributed by atoms with van der Waals surface area (Å²) in [7, 11) is 0. The molecule has 0 rings (SSSR count). The van der Waals surface area contributed by atoms with Crippen LogP contribution in [0.5, 0.6) is 0 Å². The van der Waals surface area contributed by atoms with Gasteiger partial charge in [-0.1, -0.05) is 46.4 Å². The van der Waals surface area contributed by atoms with Crippen LogP contribution in [0, 0.1) is 0 Å². The summed E-state index contributed by atoms with van der Waals surface area (Å²) in [6.45, 7) is 13.4. The molecule has 0 aliphatic heterocycles. The van der Waals surface area contributed by atoms with E-state index in [0.29, 0.717) is 5.70 Å².